The maximum atomic E-state index is 11.9. The zero-order valence-electron chi connectivity index (χ0n) is 9.17. The van der Waals surface area contributed by atoms with Gasteiger partial charge in [-0.25, -0.2) is 0 Å². The standard InChI is InChI=1S/C13H13NO2/c1-8-2-3-9-10(6-8)13(15)14-12-4-5-16-7-11(9)12/h2-3,6H,4-5,7H2,1H3,(H,14,15). The van der Waals surface area contributed by atoms with Gasteiger partial charge in [0.25, 0.3) is 5.56 Å². The number of H-pyrrole nitrogens is 1. The van der Waals surface area contributed by atoms with Gasteiger partial charge in [0.2, 0.25) is 0 Å². The van der Waals surface area contributed by atoms with E-state index in [1.807, 2.05) is 25.1 Å². The fourth-order valence-corrected chi connectivity index (χ4v) is 2.28. The molecule has 0 amide bonds. The number of aromatic amines is 1. The van der Waals surface area contributed by atoms with Crippen LogP contribution in [0.2, 0.25) is 0 Å². The summed E-state index contributed by atoms with van der Waals surface area (Å²) in [5.41, 5.74) is 3.29. The Morgan fingerprint density at radius 3 is 3.06 bits per heavy atom. The molecule has 0 atom stereocenters. The van der Waals surface area contributed by atoms with Crippen molar-refractivity contribution in [1.82, 2.24) is 4.98 Å². The second kappa shape index (κ2) is 3.46. The molecule has 82 valence electrons. The number of rotatable bonds is 0. The first-order valence-corrected chi connectivity index (χ1v) is 5.48. The summed E-state index contributed by atoms with van der Waals surface area (Å²) in [6.07, 6.45) is 0.800. The van der Waals surface area contributed by atoms with Crippen molar-refractivity contribution in [2.75, 3.05) is 6.61 Å². The van der Waals surface area contributed by atoms with Gasteiger partial charge in [0, 0.05) is 23.1 Å². The van der Waals surface area contributed by atoms with E-state index in [0.717, 1.165) is 34.0 Å². The van der Waals surface area contributed by atoms with Gasteiger partial charge in [0.15, 0.2) is 0 Å². The van der Waals surface area contributed by atoms with Gasteiger partial charge in [-0.15, -0.1) is 0 Å². The Bertz CT molecular complexity index is 613. The summed E-state index contributed by atoms with van der Waals surface area (Å²) in [7, 11) is 0. The van der Waals surface area contributed by atoms with Gasteiger partial charge in [0.1, 0.15) is 0 Å². The first kappa shape index (κ1) is 9.60. The molecular weight excluding hydrogens is 202 g/mol. The van der Waals surface area contributed by atoms with E-state index in [1.54, 1.807) is 0 Å². The fourth-order valence-electron chi connectivity index (χ4n) is 2.28. The average molecular weight is 215 g/mol. The van der Waals surface area contributed by atoms with E-state index >= 15 is 0 Å². The molecule has 0 bridgehead atoms. The predicted molar refractivity (Wildman–Crippen MR) is 62.7 cm³/mol. The van der Waals surface area contributed by atoms with E-state index in [9.17, 15) is 4.79 Å². The van der Waals surface area contributed by atoms with E-state index in [2.05, 4.69) is 4.98 Å². The van der Waals surface area contributed by atoms with Crippen LogP contribution in [0.15, 0.2) is 23.0 Å². The number of nitrogens with one attached hydrogen (secondary N) is 1. The summed E-state index contributed by atoms with van der Waals surface area (Å²) in [5.74, 6) is 0. The molecule has 0 saturated carbocycles. The lowest BCUT2D eigenvalue weighted by Crippen LogP contribution is -2.19. The smallest absolute Gasteiger partial charge is 0.256 e. The third-order valence-electron chi connectivity index (χ3n) is 3.12. The Hall–Kier alpha value is -1.61. The molecule has 2 aromatic rings. The van der Waals surface area contributed by atoms with Crippen LogP contribution in [0.1, 0.15) is 16.8 Å². The van der Waals surface area contributed by atoms with Gasteiger partial charge in [0.05, 0.1) is 13.2 Å². The van der Waals surface area contributed by atoms with Crippen LogP contribution < -0.4 is 5.56 Å². The quantitative estimate of drug-likeness (QED) is 0.729. The second-order valence-corrected chi connectivity index (χ2v) is 4.26. The van der Waals surface area contributed by atoms with Crippen molar-refractivity contribution in [3.8, 4) is 0 Å². The first-order valence-electron chi connectivity index (χ1n) is 5.48. The Morgan fingerprint density at radius 2 is 2.19 bits per heavy atom. The monoisotopic (exact) mass is 215 g/mol. The molecule has 1 aliphatic rings. The minimum Gasteiger partial charge on any atom is -0.376 e. The zero-order valence-corrected chi connectivity index (χ0v) is 9.17. The van der Waals surface area contributed by atoms with E-state index in [0.29, 0.717) is 13.2 Å². The summed E-state index contributed by atoms with van der Waals surface area (Å²) < 4.78 is 5.45. The van der Waals surface area contributed by atoms with Crippen molar-refractivity contribution in [1.29, 1.82) is 0 Å². The molecule has 0 saturated heterocycles. The number of fused-ring (bicyclic) bond motifs is 3. The third kappa shape index (κ3) is 1.36. The zero-order chi connectivity index (χ0) is 11.1. The summed E-state index contributed by atoms with van der Waals surface area (Å²) in [6, 6.07) is 5.99. The topological polar surface area (TPSA) is 42.1 Å². The molecule has 16 heavy (non-hydrogen) atoms. The maximum Gasteiger partial charge on any atom is 0.256 e. The highest BCUT2D eigenvalue weighted by Gasteiger charge is 2.15. The number of aryl methyl sites for hydroxylation is 1. The average Bonchev–Trinajstić information content (AvgIpc) is 2.29. The SMILES string of the molecule is Cc1ccc2c3c([nH]c(=O)c2c1)CCOC3. The maximum absolute atomic E-state index is 11.9. The van der Waals surface area contributed by atoms with Gasteiger partial charge < -0.3 is 9.72 Å². The Balaban J connectivity index is 2.42. The van der Waals surface area contributed by atoms with Crippen LogP contribution >= 0.6 is 0 Å². The second-order valence-electron chi connectivity index (χ2n) is 4.26. The van der Waals surface area contributed by atoms with Gasteiger partial charge in [-0.2, -0.15) is 0 Å². The van der Waals surface area contributed by atoms with E-state index in [1.165, 1.54) is 0 Å². The van der Waals surface area contributed by atoms with Crippen LogP contribution in [0.3, 0.4) is 0 Å². The summed E-state index contributed by atoms with van der Waals surface area (Å²) in [6.45, 7) is 3.29. The van der Waals surface area contributed by atoms with Crippen molar-refractivity contribution >= 4 is 10.8 Å². The minimum absolute atomic E-state index is 0.0133. The molecule has 1 aromatic heterocycles. The van der Waals surface area contributed by atoms with Gasteiger partial charge >= 0.3 is 0 Å². The molecule has 0 unspecified atom stereocenters. The third-order valence-corrected chi connectivity index (χ3v) is 3.12. The molecule has 2 heterocycles. The fraction of sp³-hybridized carbons (Fsp3) is 0.308. The lowest BCUT2D eigenvalue weighted by atomic mass is 10.0. The van der Waals surface area contributed by atoms with Gasteiger partial charge in [-0.3, -0.25) is 4.79 Å². The molecular formula is C13H13NO2. The minimum atomic E-state index is 0.0133. The lowest BCUT2D eigenvalue weighted by molar-refractivity contribution is 0.110. The van der Waals surface area contributed by atoms with Crippen LogP contribution in [0.4, 0.5) is 0 Å². The van der Waals surface area contributed by atoms with E-state index < -0.39 is 0 Å². The Morgan fingerprint density at radius 1 is 1.31 bits per heavy atom. The number of benzene rings is 1. The van der Waals surface area contributed by atoms with Crippen LogP contribution in [0.25, 0.3) is 10.8 Å². The van der Waals surface area contributed by atoms with Crippen molar-refractivity contribution in [2.45, 2.75) is 20.0 Å². The predicted octanol–water partition coefficient (Wildman–Crippen LogP) is 1.91. The lowest BCUT2D eigenvalue weighted by Gasteiger charge is -2.18. The van der Waals surface area contributed by atoms with E-state index in [4.69, 9.17) is 4.74 Å². The molecule has 1 N–H and O–H groups in total. The highest BCUT2D eigenvalue weighted by Crippen LogP contribution is 2.23. The molecule has 0 radical (unpaired) electrons. The van der Waals surface area contributed by atoms with Gasteiger partial charge in [-0.1, -0.05) is 17.7 Å². The van der Waals surface area contributed by atoms with Crippen LogP contribution in [0.5, 0.6) is 0 Å². The van der Waals surface area contributed by atoms with Crippen molar-refractivity contribution < 1.29 is 4.74 Å². The highest BCUT2D eigenvalue weighted by atomic mass is 16.5. The van der Waals surface area contributed by atoms with Crippen LogP contribution in [-0.2, 0) is 17.8 Å². The number of pyridine rings is 1. The largest absolute Gasteiger partial charge is 0.376 e. The number of hydrogen-bond donors (Lipinski definition) is 1. The van der Waals surface area contributed by atoms with Crippen LogP contribution in [-0.4, -0.2) is 11.6 Å². The van der Waals surface area contributed by atoms with Gasteiger partial charge in [-0.05, 0) is 18.4 Å². The molecule has 0 fully saturated rings. The molecule has 0 spiro atoms. The molecule has 3 nitrogen and oxygen atoms in total. The van der Waals surface area contributed by atoms with E-state index in [-0.39, 0.29) is 5.56 Å². The number of hydrogen-bond acceptors (Lipinski definition) is 2. The van der Waals surface area contributed by atoms with Crippen molar-refractivity contribution in [3.63, 3.8) is 0 Å². The summed E-state index contributed by atoms with van der Waals surface area (Å²) in [5, 5.41) is 1.80. The van der Waals surface area contributed by atoms with Crippen molar-refractivity contribution in [3.05, 3.63) is 45.4 Å². The molecule has 3 heteroatoms. The first-order chi connectivity index (χ1) is 7.75. The number of aromatic nitrogens is 1. The molecule has 3 rings (SSSR count). The summed E-state index contributed by atoms with van der Waals surface area (Å²) in [4.78, 5) is 14.9. The summed E-state index contributed by atoms with van der Waals surface area (Å²) >= 11 is 0. The normalized spacial score (nSPS) is 15.1. The molecule has 0 aliphatic carbocycles. The highest BCUT2D eigenvalue weighted by molar-refractivity contribution is 5.86. The van der Waals surface area contributed by atoms with Crippen LogP contribution in [0, 0.1) is 6.92 Å². The molecule has 1 aromatic carbocycles. The Labute approximate surface area is 93.1 Å². The van der Waals surface area contributed by atoms with Crippen molar-refractivity contribution in [2.24, 2.45) is 0 Å². The molecule has 1 aliphatic heterocycles. The Kier molecular flexibility index (Phi) is 2.07. The number of ether oxygens (including phenoxy) is 1.